The monoisotopic (exact) mass is 535 g/mol. The molecule has 0 aliphatic heterocycles. The second kappa shape index (κ2) is 10.9. The molecule has 0 atom stereocenters. The zero-order valence-corrected chi connectivity index (χ0v) is 21.3. The van der Waals surface area contributed by atoms with Crippen LogP contribution in [0.5, 0.6) is 23.0 Å². The van der Waals surface area contributed by atoms with Crippen LogP contribution < -0.4 is 18.9 Å². The van der Waals surface area contributed by atoms with Gasteiger partial charge in [-0.25, -0.2) is 8.42 Å². The number of hydrogen-bond donors (Lipinski definition) is 0. The number of methoxy groups -OCH3 is 4. The summed E-state index contributed by atoms with van der Waals surface area (Å²) < 4.78 is 51.0. The number of benzene rings is 3. The lowest BCUT2D eigenvalue weighted by Crippen LogP contribution is -2.30. The zero-order valence-electron chi connectivity index (χ0n) is 18.9. The molecule has 3 aromatic rings. The van der Waals surface area contributed by atoms with Crippen molar-refractivity contribution in [1.29, 1.82) is 0 Å². The van der Waals surface area contributed by atoms with Crippen LogP contribution in [0.2, 0.25) is 0 Å². The van der Waals surface area contributed by atoms with E-state index in [1.165, 1.54) is 18.5 Å². The Morgan fingerprint density at radius 2 is 1.24 bits per heavy atom. The zero-order chi connectivity index (χ0) is 24.0. The number of hydrogen-bond acceptors (Lipinski definition) is 6. The third-order valence-corrected chi connectivity index (χ3v) is 7.40. The molecule has 7 nitrogen and oxygen atoms in total. The van der Waals surface area contributed by atoms with Crippen LogP contribution >= 0.6 is 15.9 Å². The van der Waals surface area contributed by atoms with E-state index in [-0.39, 0.29) is 18.0 Å². The van der Waals surface area contributed by atoms with Crippen LogP contribution in [-0.2, 0) is 23.1 Å². The van der Waals surface area contributed by atoms with Crippen LogP contribution in [-0.4, -0.2) is 41.2 Å². The maximum absolute atomic E-state index is 13.7. The van der Waals surface area contributed by atoms with Crippen LogP contribution in [0.4, 0.5) is 0 Å². The minimum Gasteiger partial charge on any atom is -0.497 e. The molecule has 0 radical (unpaired) electrons. The number of ether oxygens (including phenoxy) is 4. The summed E-state index contributed by atoms with van der Waals surface area (Å²) in [4.78, 5) is 0.178. The van der Waals surface area contributed by atoms with E-state index in [1.807, 2.05) is 0 Å². The van der Waals surface area contributed by atoms with Crippen molar-refractivity contribution < 1.29 is 27.4 Å². The van der Waals surface area contributed by atoms with Crippen molar-refractivity contribution in [3.05, 3.63) is 76.3 Å². The van der Waals surface area contributed by atoms with Crippen LogP contribution in [0.1, 0.15) is 11.1 Å². The van der Waals surface area contributed by atoms with Crippen molar-refractivity contribution in [1.82, 2.24) is 4.31 Å². The molecule has 0 bridgehead atoms. The van der Waals surface area contributed by atoms with Gasteiger partial charge in [-0.2, -0.15) is 4.31 Å². The highest BCUT2D eigenvalue weighted by Gasteiger charge is 2.27. The first kappa shape index (κ1) is 24.9. The summed E-state index contributed by atoms with van der Waals surface area (Å²) >= 11 is 3.36. The Morgan fingerprint density at radius 1 is 0.727 bits per heavy atom. The van der Waals surface area contributed by atoms with Gasteiger partial charge in [0.15, 0.2) is 0 Å². The lowest BCUT2D eigenvalue weighted by Gasteiger charge is -2.24. The Morgan fingerprint density at radius 3 is 1.67 bits per heavy atom. The van der Waals surface area contributed by atoms with E-state index in [0.717, 1.165) is 0 Å². The van der Waals surface area contributed by atoms with Gasteiger partial charge in [-0.1, -0.05) is 34.1 Å². The lowest BCUT2D eigenvalue weighted by atomic mass is 10.1. The SMILES string of the molecule is COc1ccc(CN(Cc2ccc(OC)cc2OC)S(=O)(=O)c2cccc(Br)c2)c(OC)c1. The summed E-state index contributed by atoms with van der Waals surface area (Å²) in [5.74, 6) is 2.30. The molecule has 0 spiro atoms. The molecule has 3 aromatic carbocycles. The maximum atomic E-state index is 13.7. The van der Waals surface area contributed by atoms with Crippen molar-refractivity contribution in [3.63, 3.8) is 0 Å². The Bertz CT molecular complexity index is 1160. The van der Waals surface area contributed by atoms with E-state index in [2.05, 4.69) is 15.9 Å². The standard InChI is InChI=1S/C24H26BrNO6S/c1-29-20-10-8-17(23(13-20)31-3)15-26(33(27,28)22-7-5-6-19(25)12-22)16-18-9-11-21(30-2)14-24(18)32-4/h5-14H,15-16H2,1-4H3. The minimum atomic E-state index is -3.87. The average Bonchev–Trinajstić information content (AvgIpc) is 2.83. The molecule has 9 heteroatoms. The molecule has 0 N–H and O–H groups in total. The van der Waals surface area contributed by atoms with Gasteiger partial charge >= 0.3 is 0 Å². The highest BCUT2D eigenvalue weighted by atomic mass is 79.9. The fourth-order valence-corrected chi connectivity index (χ4v) is 5.34. The molecular weight excluding hydrogens is 510 g/mol. The van der Waals surface area contributed by atoms with Gasteiger partial charge in [0.2, 0.25) is 10.0 Å². The van der Waals surface area contributed by atoms with Gasteiger partial charge in [0.1, 0.15) is 23.0 Å². The Hall–Kier alpha value is -2.75. The predicted octanol–water partition coefficient (Wildman–Crippen LogP) is 4.87. The minimum absolute atomic E-state index is 0.0806. The molecule has 0 aliphatic carbocycles. The largest absolute Gasteiger partial charge is 0.497 e. The Labute approximate surface area is 203 Å². The van der Waals surface area contributed by atoms with E-state index in [9.17, 15) is 8.42 Å². The summed E-state index contributed by atoms with van der Waals surface area (Å²) in [6, 6.07) is 17.2. The molecule has 33 heavy (non-hydrogen) atoms. The third kappa shape index (κ3) is 5.79. The first-order valence-corrected chi connectivity index (χ1v) is 12.2. The van der Waals surface area contributed by atoms with Crippen molar-refractivity contribution in [2.45, 2.75) is 18.0 Å². The Kier molecular flexibility index (Phi) is 8.23. The van der Waals surface area contributed by atoms with Gasteiger partial charge in [0.25, 0.3) is 0 Å². The molecule has 0 saturated heterocycles. The van der Waals surface area contributed by atoms with Gasteiger partial charge in [-0.3, -0.25) is 0 Å². The summed E-state index contributed by atoms with van der Waals surface area (Å²) in [6.45, 7) is 0.161. The molecule has 0 amide bonds. The van der Waals surface area contributed by atoms with E-state index >= 15 is 0 Å². The number of rotatable bonds is 10. The van der Waals surface area contributed by atoms with Gasteiger partial charge in [0, 0.05) is 40.8 Å². The van der Waals surface area contributed by atoms with Crippen molar-refractivity contribution in [2.24, 2.45) is 0 Å². The van der Waals surface area contributed by atoms with Gasteiger partial charge in [-0.05, 0) is 30.3 Å². The molecule has 0 saturated carbocycles. The topological polar surface area (TPSA) is 74.3 Å². The first-order valence-electron chi connectivity index (χ1n) is 10.00. The Balaban J connectivity index is 2.07. The average molecular weight is 536 g/mol. The summed E-state index contributed by atoms with van der Waals surface area (Å²) in [6.07, 6.45) is 0. The van der Waals surface area contributed by atoms with E-state index in [1.54, 1.807) is 74.9 Å². The molecule has 0 unspecified atom stereocenters. The predicted molar refractivity (Wildman–Crippen MR) is 130 cm³/mol. The fraction of sp³-hybridized carbons (Fsp3) is 0.250. The van der Waals surface area contributed by atoms with Crippen LogP contribution in [0.3, 0.4) is 0 Å². The van der Waals surface area contributed by atoms with Gasteiger partial charge < -0.3 is 18.9 Å². The lowest BCUT2D eigenvalue weighted by molar-refractivity contribution is 0.358. The van der Waals surface area contributed by atoms with Crippen molar-refractivity contribution in [2.75, 3.05) is 28.4 Å². The molecule has 0 heterocycles. The van der Waals surface area contributed by atoms with Crippen LogP contribution in [0.15, 0.2) is 70.0 Å². The highest BCUT2D eigenvalue weighted by Crippen LogP contribution is 2.32. The number of halogens is 1. The van der Waals surface area contributed by atoms with Crippen molar-refractivity contribution >= 4 is 26.0 Å². The highest BCUT2D eigenvalue weighted by molar-refractivity contribution is 9.10. The van der Waals surface area contributed by atoms with Crippen LogP contribution in [0.25, 0.3) is 0 Å². The summed E-state index contributed by atoms with van der Waals surface area (Å²) in [5.41, 5.74) is 1.40. The summed E-state index contributed by atoms with van der Waals surface area (Å²) in [5, 5.41) is 0. The van der Waals surface area contributed by atoms with Crippen molar-refractivity contribution in [3.8, 4) is 23.0 Å². The molecule has 0 fully saturated rings. The van der Waals surface area contributed by atoms with Gasteiger partial charge in [-0.15, -0.1) is 0 Å². The molecular formula is C24H26BrNO6S. The smallest absolute Gasteiger partial charge is 0.243 e. The van der Waals surface area contributed by atoms with Gasteiger partial charge in [0.05, 0.1) is 33.3 Å². The fourth-order valence-electron chi connectivity index (χ4n) is 3.35. The molecule has 0 aromatic heterocycles. The van der Waals surface area contributed by atoms with E-state index in [0.29, 0.717) is 38.6 Å². The maximum Gasteiger partial charge on any atom is 0.243 e. The molecule has 0 aliphatic rings. The summed E-state index contributed by atoms with van der Waals surface area (Å²) in [7, 11) is 2.34. The molecule has 3 rings (SSSR count). The first-order chi connectivity index (χ1) is 15.8. The number of sulfonamides is 1. The van der Waals surface area contributed by atoms with E-state index < -0.39 is 10.0 Å². The second-order valence-electron chi connectivity index (χ2n) is 7.09. The quantitative estimate of drug-likeness (QED) is 0.368. The number of nitrogens with zero attached hydrogens (tertiary/aromatic N) is 1. The van der Waals surface area contributed by atoms with E-state index in [4.69, 9.17) is 18.9 Å². The normalized spacial score (nSPS) is 11.3. The molecule has 176 valence electrons. The van der Waals surface area contributed by atoms with Crippen LogP contribution in [0, 0.1) is 0 Å². The third-order valence-electron chi connectivity index (χ3n) is 5.12. The second-order valence-corrected chi connectivity index (χ2v) is 9.94.